The molecule has 0 aromatic heterocycles. The van der Waals surface area contributed by atoms with Crippen LogP contribution in [0.5, 0.6) is 0 Å². The average Bonchev–Trinajstić information content (AvgIpc) is 2.97. The van der Waals surface area contributed by atoms with Gasteiger partial charge in [0.1, 0.15) is 0 Å². The third-order valence-corrected chi connectivity index (χ3v) is 9.38. The first-order valence-corrected chi connectivity index (χ1v) is 15.9. The molecule has 0 N–H and O–H groups in total. The van der Waals surface area contributed by atoms with E-state index in [0.29, 0.717) is 0 Å². The van der Waals surface area contributed by atoms with Crippen LogP contribution in [0.1, 0.15) is 67.0 Å². The maximum atomic E-state index is 6.40. The lowest BCUT2D eigenvalue weighted by atomic mass is 9.81. The molecular formula is C36H43ClN2S. The van der Waals surface area contributed by atoms with Gasteiger partial charge >= 0.3 is 0 Å². The Kier molecular flexibility index (Phi) is 10.6. The molecule has 0 bridgehead atoms. The molecule has 0 saturated carbocycles. The molecule has 0 radical (unpaired) electrons. The van der Waals surface area contributed by atoms with E-state index >= 15 is 0 Å². The topological polar surface area (TPSA) is 6.48 Å². The van der Waals surface area contributed by atoms with Crippen molar-refractivity contribution in [2.75, 3.05) is 36.0 Å². The van der Waals surface area contributed by atoms with Gasteiger partial charge in [0.05, 0.1) is 0 Å². The SMILES string of the molecule is CCN(CC)c1ccc(C(c2ccc(SCc3ccccc3Cl)cc2)c2ccc(N(CC)CC)cc2C)c(C)c1. The number of anilines is 2. The summed E-state index contributed by atoms with van der Waals surface area (Å²) in [5.74, 6) is 1.03. The zero-order valence-corrected chi connectivity index (χ0v) is 26.4. The number of rotatable bonds is 12. The Morgan fingerprint density at radius 2 is 1.15 bits per heavy atom. The van der Waals surface area contributed by atoms with Gasteiger partial charge in [0.25, 0.3) is 0 Å². The van der Waals surface area contributed by atoms with Crippen LogP contribution >= 0.6 is 23.4 Å². The Bertz CT molecular complexity index is 1330. The molecule has 2 nitrogen and oxygen atoms in total. The summed E-state index contributed by atoms with van der Waals surface area (Å²) in [6, 6.07) is 31.3. The monoisotopic (exact) mass is 570 g/mol. The van der Waals surface area contributed by atoms with Crippen LogP contribution in [0.3, 0.4) is 0 Å². The quantitative estimate of drug-likeness (QED) is 0.123. The smallest absolute Gasteiger partial charge is 0.0446 e. The van der Waals surface area contributed by atoms with E-state index in [1.165, 1.54) is 49.7 Å². The van der Waals surface area contributed by atoms with Crippen molar-refractivity contribution in [2.45, 2.75) is 58.1 Å². The Hall–Kier alpha value is -2.88. The van der Waals surface area contributed by atoms with Gasteiger partial charge in [-0.05, 0) is 117 Å². The summed E-state index contributed by atoms with van der Waals surface area (Å²) < 4.78 is 0. The molecule has 0 aliphatic heterocycles. The molecule has 4 aromatic carbocycles. The van der Waals surface area contributed by atoms with Crippen LogP contribution in [0, 0.1) is 13.8 Å². The van der Waals surface area contributed by atoms with Crippen LogP contribution in [0.2, 0.25) is 5.02 Å². The zero-order valence-electron chi connectivity index (χ0n) is 24.9. The molecule has 0 unspecified atom stereocenters. The fourth-order valence-corrected chi connectivity index (χ4v) is 6.78. The zero-order chi connectivity index (χ0) is 28.6. The maximum absolute atomic E-state index is 6.40. The number of hydrogen-bond donors (Lipinski definition) is 0. The van der Waals surface area contributed by atoms with Crippen molar-refractivity contribution >= 4 is 34.7 Å². The number of aryl methyl sites for hydroxylation is 2. The van der Waals surface area contributed by atoms with Gasteiger partial charge in [-0.1, -0.05) is 54.1 Å². The highest BCUT2D eigenvalue weighted by atomic mass is 35.5. The third-order valence-electron chi connectivity index (χ3n) is 7.95. The summed E-state index contributed by atoms with van der Waals surface area (Å²) in [7, 11) is 0. The minimum atomic E-state index is 0.166. The standard InChI is InChI=1S/C36H43ClN2S/c1-7-38(8-2)30-17-21-33(26(5)23-30)36(34-22-18-31(24-27(34)6)39(9-3)10-4)28-15-19-32(20-16-28)40-25-29-13-11-12-14-35(29)37/h11-24,36H,7-10,25H2,1-6H3. The van der Waals surface area contributed by atoms with Crippen molar-refractivity contribution in [3.63, 3.8) is 0 Å². The van der Waals surface area contributed by atoms with Crippen LogP contribution in [0.25, 0.3) is 0 Å². The summed E-state index contributed by atoms with van der Waals surface area (Å²) in [6.45, 7) is 17.5. The Morgan fingerprint density at radius 1 is 0.650 bits per heavy atom. The lowest BCUT2D eigenvalue weighted by Gasteiger charge is -2.27. The molecule has 0 heterocycles. The number of hydrogen-bond acceptors (Lipinski definition) is 3. The van der Waals surface area contributed by atoms with E-state index in [2.05, 4.69) is 124 Å². The van der Waals surface area contributed by atoms with Crippen molar-refractivity contribution in [1.82, 2.24) is 0 Å². The van der Waals surface area contributed by atoms with Gasteiger partial charge in [-0.2, -0.15) is 0 Å². The summed E-state index contributed by atoms with van der Waals surface area (Å²) in [5.41, 5.74) is 10.5. The molecule has 210 valence electrons. The van der Waals surface area contributed by atoms with Crippen molar-refractivity contribution in [3.05, 3.63) is 123 Å². The Labute approximate surface area is 251 Å². The highest BCUT2D eigenvalue weighted by molar-refractivity contribution is 7.98. The van der Waals surface area contributed by atoms with Gasteiger partial charge in [0.2, 0.25) is 0 Å². The number of halogens is 1. The molecule has 4 aromatic rings. The van der Waals surface area contributed by atoms with E-state index in [0.717, 1.165) is 37.0 Å². The van der Waals surface area contributed by atoms with E-state index in [-0.39, 0.29) is 5.92 Å². The minimum absolute atomic E-state index is 0.166. The average molecular weight is 571 g/mol. The lowest BCUT2D eigenvalue weighted by Crippen LogP contribution is -2.22. The molecule has 4 heteroatoms. The number of nitrogens with zero attached hydrogens (tertiary/aromatic N) is 2. The predicted molar refractivity (Wildman–Crippen MR) is 178 cm³/mol. The first-order chi connectivity index (χ1) is 19.4. The van der Waals surface area contributed by atoms with Crippen molar-refractivity contribution in [1.29, 1.82) is 0 Å². The van der Waals surface area contributed by atoms with Crippen molar-refractivity contribution in [2.24, 2.45) is 0 Å². The largest absolute Gasteiger partial charge is 0.372 e. The second kappa shape index (κ2) is 14.1. The van der Waals surface area contributed by atoms with Crippen LogP contribution in [0.4, 0.5) is 11.4 Å². The van der Waals surface area contributed by atoms with Gasteiger partial charge in [-0.3, -0.25) is 0 Å². The van der Waals surface area contributed by atoms with Crippen LogP contribution in [-0.4, -0.2) is 26.2 Å². The molecule has 40 heavy (non-hydrogen) atoms. The van der Waals surface area contributed by atoms with Gasteiger partial charge in [-0.25, -0.2) is 0 Å². The van der Waals surface area contributed by atoms with E-state index < -0.39 is 0 Å². The van der Waals surface area contributed by atoms with Crippen LogP contribution in [-0.2, 0) is 5.75 Å². The Morgan fingerprint density at radius 3 is 1.60 bits per heavy atom. The second-order valence-electron chi connectivity index (χ2n) is 10.3. The molecule has 0 fully saturated rings. The first-order valence-electron chi connectivity index (χ1n) is 14.6. The second-order valence-corrected chi connectivity index (χ2v) is 11.8. The molecule has 0 aliphatic carbocycles. The highest BCUT2D eigenvalue weighted by Gasteiger charge is 2.22. The van der Waals surface area contributed by atoms with Gasteiger partial charge < -0.3 is 9.80 Å². The van der Waals surface area contributed by atoms with Gasteiger partial charge in [0, 0.05) is 59.1 Å². The number of benzene rings is 4. The van der Waals surface area contributed by atoms with E-state index in [1.807, 2.05) is 23.9 Å². The predicted octanol–water partition coefficient (Wildman–Crippen LogP) is 10.1. The van der Waals surface area contributed by atoms with E-state index in [1.54, 1.807) is 0 Å². The van der Waals surface area contributed by atoms with Crippen molar-refractivity contribution < 1.29 is 0 Å². The highest BCUT2D eigenvalue weighted by Crippen LogP contribution is 2.39. The third kappa shape index (κ3) is 6.87. The summed E-state index contributed by atoms with van der Waals surface area (Å²) >= 11 is 8.23. The molecule has 0 saturated heterocycles. The first kappa shape index (κ1) is 30.1. The Balaban J connectivity index is 1.72. The lowest BCUT2D eigenvalue weighted by molar-refractivity contribution is 0.859. The molecule has 4 rings (SSSR count). The molecule has 0 atom stereocenters. The normalized spacial score (nSPS) is 11.2. The number of thioether (sulfide) groups is 1. The van der Waals surface area contributed by atoms with E-state index in [4.69, 9.17) is 11.6 Å². The molecule has 0 aliphatic rings. The minimum Gasteiger partial charge on any atom is -0.372 e. The van der Waals surface area contributed by atoms with Crippen LogP contribution in [0.15, 0.2) is 89.8 Å². The van der Waals surface area contributed by atoms with Gasteiger partial charge in [-0.15, -0.1) is 11.8 Å². The van der Waals surface area contributed by atoms with Gasteiger partial charge in [0.15, 0.2) is 0 Å². The molecular weight excluding hydrogens is 528 g/mol. The summed E-state index contributed by atoms with van der Waals surface area (Å²) in [5, 5.41) is 0.832. The fourth-order valence-electron chi connectivity index (χ4n) is 5.60. The molecule has 0 spiro atoms. The van der Waals surface area contributed by atoms with Crippen molar-refractivity contribution in [3.8, 4) is 0 Å². The molecule has 0 amide bonds. The summed E-state index contributed by atoms with van der Waals surface area (Å²) in [4.78, 5) is 6.09. The van der Waals surface area contributed by atoms with E-state index in [9.17, 15) is 0 Å². The van der Waals surface area contributed by atoms with Crippen LogP contribution < -0.4 is 9.80 Å². The maximum Gasteiger partial charge on any atom is 0.0446 e. The summed E-state index contributed by atoms with van der Waals surface area (Å²) in [6.07, 6.45) is 0. The fraction of sp³-hybridized carbons (Fsp3) is 0.333.